The topological polar surface area (TPSA) is 78.4 Å². The van der Waals surface area contributed by atoms with Gasteiger partial charge in [-0.1, -0.05) is 18.2 Å². The number of rotatable bonds is 7. The van der Waals surface area contributed by atoms with Gasteiger partial charge < -0.3 is 29.9 Å². The predicted octanol–water partition coefficient (Wildman–Crippen LogP) is 2.08. The van der Waals surface area contributed by atoms with Crippen molar-refractivity contribution in [2.24, 2.45) is 4.99 Å². The summed E-state index contributed by atoms with van der Waals surface area (Å²) in [5, 5.41) is 6.92. The quantitative estimate of drug-likeness (QED) is 0.534. The number of aliphatic imine (C=N–C) groups is 1. The second kappa shape index (κ2) is 11.5. The van der Waals surface area contributed by atoms with Crippen LogP contribution in [0, 0.1) is 0 Å². The van der Waals surface area contributed by atoms with Crippen LogP contribution in [0.3, 0.4) is 0 Å². The number of carbonyl (C=O) groups excluding carboxylic acids is 1. The Labute approximate surface area is 174 Å². The molecule has 0 aromatic heterocycles. The maximum Gasteiger partial charge on any atom is 0.409 e. The summed E-state index contributed by atoms with van der Waals surface area (Å²) in [5.74, 6) is 1.64. The van der Waals surface area contributed by atoms with Gasteiger partial charge in [0.15, 0.2) is 5.96 Å². The second-order valence-electron chi connectivity index (χ2n) is 7.28. The molecule has 1 unspecified atom stereocenters. The summed E-state index contributed by atoms with van der Waals surface area (Å²) in [6.07, 6.45) is 1.51. The molecule has 1 saturated heterocycles. The molecule has 1 fully saturated rings. The zero-order valence-electron chi connectivity index (χ0n) is 18.3. The summed E-state index contributed by atoms with van der Waals surface area (Å²) >= 11 is 0. The van der Waals surface area contributed by atoms with Crippen LogP contribution in [-0.2, 0) is 4.74 Å². The van der Waals surface area contributed by atoms with E-state index in [9.17, 15) is 4.79 Å². The van der Waals surface area contributed by atoms with E-state index in [4.69, 9.17) is 9.47 Å². The molecule has 0 saturated carbocycles. The lowest BCUT2D eigenvalue weighted by Gasteiger charge is -2.33. The van der Waals surface area contributed by atoms with Gasteiger partial charge in [-0.2, -0.15) is 0 Å². The molecule has 1 aliphatic rings. The fraction of sp³-hybridized carbons (Fsp3) is 0.619. The summed E-state index contributed by atoms with van der Waals surface area (Å²) in [6.45, 7) is 4.31. The predicted molar refractivity (Wildman–Crippen MR) is 116 cm³/mol. The standard InChI is InChI=1S/C21H35N5O3/c1-6-29-21(27)26-13-11-16(12-14-26)24-20(22-2)23-15-18(25(3)4)17-9-7-8-10-19(17)28-5/h7-10,16,18H,6,11-15H2,1-5H3,(H2,22,23,24). The molecule has 8 nitrogen and oxygen atoms in total. The lowest BCUT2D eigenvalue weighted by molar-refractivity contribution is 0.0963. The van der Waals surface area contributed by atoms with Crippen LogP contribution in [0.25, 0.3) is 0 Å². The molecular weight excluding hydrogens is 370 g/mol. The molecule has 1 aromatic carbocycles. The Morgan fingerprint density at radius 2 is 2.00 bits per heavy atom. The number of nitrogens with zero attached hydrogens (tertiary/aromatic N) is 3. The normalized spacial score (nSPS) is 16.5. The van der Waals surface area contributed by atoms with Crippen molar-refractivity contribution < 1.29 is 14.3 Å². The molecule has 0 aliphatic carbocycles. The number of likely N-dealkylation sites (N-methyl/N-ethyl adjacent to an activating group) is 1. The number of nitrogens with one attached hydrogen (secondary N) is 2. The molecule has 2 rings (SSSR count). The maximum atomic E-state index is 11.8. The Hall–Kier alpha value is -2.48. The highest BCUT2D eigenvalue weighted by atomic mass is 16.6. The molecule has 0 bridgehead atoms. The van der Waals surface area contributed by atoms with E-state index in [1.807, 2.05) is 25.1 Å². The number of likely N-dealkylation sites (tertiary alicyclic amines) is 1. The highest BCUT2D eigenvalue weighted by Gasteiger charge is 2.24. The summed E-state index contributed by atoms with van der Waals surface area (Å²) < 4.78 is 10.6. The van der Waals surface area contributed by atoms with Gasteiger partial charge >= 0.3 is 6.09 Å². The van der Waals surface area contributed by atoms with Gasteiger partial charge in [0.1, 0.15) is 5.75 Å². The number of ether oxygens (including phenoxy) is 2. The van der Waals surface area contributed by atoms with Gasteiger partial charge in [-0.05, 0) is 39.9 Å². The fourth-order valence-corrected chi connectivity index (χ4v) is 3.51. The Balaban J connectivity index is 1.90. The maximum absolute atomic E-state index is 11.8. The Morgan fingerprint density at radius 3 is 2.59 bits per heavy atom. The summed E-state index contributed by atoms with van der Waals surface area (Å²) in [7, 11) is 7.58. The van der Waals surface area contributed by atoms with Gasteiger partial charge in [0.2, 0.25) is 0 Å². The highest BCUT2D eigenvalue weighted by molar-refractivity contribution is 5.80. The number of hydrogen-bond acceptors (Lipinski definition) is 5. The summed E-state index contributed by atoms with van der Waals surface area (Å²) in [4.78, 5) is 20.1. The first-order valence-corrected chi connectivity index (χ1v) is 10.2. The van der Waals surface area contributed by atoms with Crippen molar-refractivity contribution in [3.8, 4) is 5.75 Å². The van der Waals surface area contributed by atoms with Crippen LogP contribution in [0.2, 0.25) is 0 Å². The van der Waals surface area contributed by atoms with E-state index in [1.165, 1.54) is 0 Å². The third kappa shape index (κ3) is 6.52. The van der Waals surface area contributed by atoms with Crippen molar-refractivity contribution >= 4 is 12.1 Å². The Morgan fingerprint density at radius 1 is 1.31 bits per heavy atom. The first-order chi connectivity index (χ1) is 14.0. The molecule has 1 aliphatic heterocycles. The van der Waals surface area contributed by atoms with E-state index in [1.54, 1.807) is 19.1 Å². The Kier molecular flexibility index (Phi) is 9.05. The van der Waals surface area contributed by atoms with E-state index >= 15 is 0 Å². The summed E-state index contributed by atoms with van der Waals surface area (Å²) in [6, 6.07) is 8.49. The van der Waals surface area contributed by atoms with Crippen LogP contribution in [-0.4, -0.2) is 82.4 Å². The number of guanidine groups is 1. The van der Waals surface area contributed by atoms with Gasteiger partial charge in [0.25, 0.3) is 0 Å². The number of para-hydroxylation sites is 1. The first-order valence-electron chi connectivity index (χ1n) is 10.2. The second-order valence-corrected chi connectivity index (χ2v) is 7.28. The van der Waals surface area contributed by atoms with Crippen molar-refractivity contribution in [1.82, 2.24) is 20.4 Å². The van der Waals surface area contributed by atoms with E-state index < -0.39 is 0 Å². The van der Waals surface area contributed by atoms with Crippen molar-refractivity contribution in [3.05, 3.63) is 29.8 Å². The molecule has 1 amide bonds. The monoisotopic (exact) mass is 405 g/mol. The molecule has 1 heterocycles. The highest BCUT2D eigenvalue weighted by Crippen LogP contribution is 2.27. The zero-order valence-corrected chi connectivity index (χ0v) is 18.3. The average molecular weight is 406 g/mol. The van der Waals surface area contributed by atoms with Gasteiger partial charge in [-0.25, -0.2) is 4.79 Å². The molecule has 0 radical (unpaired) electrons. The van der Waals surface area contributed by atoms with Crippen molar-refractivity contribution in [2.45, 2.75) is 31.8 Å². The fourth-order valence-electron chi connectivity index (χ4n) is 3.51. The zero-order chi connectivity index (χ0) is 21.2. The number of methoxy groups -OCH3 is 1. The van der Waals surface area contributed by atoms with Crippen LogP contribution in [0.15, 0.2) is 29.3 Å². The number of piperidine rings is 1. The minimum Gasteiger partial charge on any atom is -0.496 e. The van der Waals surface area contributed by atoms with Gasteiger partial charge in [0, 0.05) is 38.3 Å². The van der Waals surface area contributed by atoms with Crippen LogP contribution in [0.4, 0.5) is 4.79 Å². The van der Waals surface area contributed by atoms with Gasteiger partial charge in [-0.15, -0.1) is 0 Å². The van der Waals surface area contributed by atoms with Crippen LogP contribution < -0.4 is 15.4 Å². The smallest absolute Gasteiger partial charge is 0.409 e. The molecule has 8 heteroatoms. The number of benzene rings is 1. The number of hydrogen-bond donors (Lipinski definition) is 2. The lowest BCUT2D eigenvalue weighted by atomic mass is 10.0. The lowest BCUT2D eigenvalue weighted by Crippen LogP contribution is -2.50. The molecule has 162 valence electrons. The molecule has 29 heavy (non-hydrogen) atoms. The van der Waals surface area contributed by atoms with E-state index in [0.717, 1.165) is 30.1 Å². The SMILES string of the molecule is CCOC(=O)N1CCC(NC(=NC)NCC(c2ccccc2OC)N(C)C)CC1. The molecule has 0 spiro atoms. The van der Waals surface area contributed by atoms with E-state index in [2.05, 4.69) is 40.7 Å². The molecular formula is C21H35N5O3. The third-order valence-corrected chi connectivity index (χ3v) is 5.17. The minimum absolute atomic E-state index is 0.135. The average Bonchev–Trinajstić information content (AvgIpc) is 2.73. The van der Waals surface area contributed by atoms with Crippen LogP contribution in [0.1, 0.15) is 31.4 Å². The minimum atomic E-state index is -0.223. The van der Waals surface area contributed by atoms with E-state index in [-0.39, 0.29) is 18.2 Å². The Bertz CT molecular complexity index is 672. The number of carbonyl (C=O) groups is 1. The van der Waals surface area contributed by atoms with Crippen molar-refractivity contribution in [1.29, 1.82) is 0 Å². The third-order valence-electron chi connectivity index (χ3n) is 5.17. The first kappa shape index (κ1) is 22.8. The van der Waals surface area contributed by atoms with Crippen LogP contribution in [0.5, 0.6) is 5.75 Å². The van der Waals surface area contributed by atoms with E-state index in [0.29, 0.717) is 26.2 Å². The molecule has 2 N–H and O–H groups in total. The molecule has 1 atom stereocenters. The van der Waals surface area contributed by atoms with Gasteiger partial charge in [0.05, 0.1) is 19.8 Å². The van der Waals surface area contributed by atoms with Crippen molar-refractivity contribution in [2.75, 3.05) is 54.5 Å². The largest absolute Gasteiger partial charge is 0.496 e. The van der Waals surface area contributed by atoms with Gasteiger partial charge in [-0.3, -0.25) is 4.99 Å². The van der Waals surface area contributed by atoms with Crippen molar-refractivity contribution in [3.63, 3.8) is 0 Å². The summed E-state index contributed by atoms with van der Waals surface area (Å²) in [5.41, 5.74) is 1.13. The van der Waals surface area contributed by atoms with Crippen LogP contribution >= 0.6 is 0 Å². The number of amides is 1. The molecule has 1 aromatic rings.